The van der Waals surface area contributed by atoms with Crippen molar-refractivity contribution in [3.05, 3.63) is 35.9 Å². The normalized spacial score (nSPS) is 27.2. The van der Waals surface area contributed by atoms with Gasteiger partial charge in [-0.05, 0) is 38.2 Å². The van der Waals surface area contributed by atoms with Crippen LogP contribution in [0.15, 0.2) is 30.3 Å². The highest BCUT2D eigenvalue weighted by Crippen LogP contribution is 2.50. The van der Waals surface area contributed by atoms with Crippen molar-refractivity contribution in [1.29, 1.82) is 0 Å². The van der Waals surface area contributed by atoms with Crippen molar-refractivity contribution in [3.63, 3.8) is 0 Å². The molecule has 4 heteroatoms. The Balaban J connectivity index is 1.81. The lowest BCUT2D eigenvalue weighted by atomic mass is 9.81. The van der Waals surface area contributed by atoms with Gasteiger partial charge in [0, 0.05) is 13.1 Å². The van der Waals surface area contributed by atoms with Crippen LogP contribution >= 0.6 is 0 Å². The molecule has 0 aromatic heterocycles. The van der Waals surface area contributed by atoms with Crippen molar-refractivity contribution in [2.75, 3.05) is 13.1 Å². The van der Waals surface area contributed by atoms with Crippen molar-refractivity contribution in [2.24, 2.45) is 5.41 Å². The summed E-state index contributed by atoms with van der Waals surface area (Å²) in [6, 6.07) is 9.88. The number of benzene rings is 1. The van der Waals surface area contributed by atoms with Crippen molar-refractivity contribution in [3.8, 4) is 0 Å². The van der Waals surface area contributed by atoms with Crippen LogP contribution in [-0.2, 0) is 15.0 Å². The number of piperidine rings is 1. The molecule has 0 spiro atoms. The summed E-state index contributed by atoms with van der Waals surface area (Å²) in [5.74, 6) is -0.689. The Morgan fingerprint density at radius 2 is 1.81 bits per heavy atom. The Labute approximate surface area is 124 Å². The summed E-state index contributed by atoms with van der Waals surface area (Å²) in [6.07, 6.45) is 3.15. The number of aliphatic carboxylic acids is 1. The van der Waals surface area contributed by atoms with E-state index in [2.05, 4.69) is 0 Å². The second-order valence-corrected chi connectivity index (χ2v) is 6.64. The molecule has 3 rings (SSSR count). The second-order valence-electron chi connectivity index (χ2n) is 6.64. The van der Waals surface area contributed by atoms with Gasteiger partial charge in [0.1, 0.15) is 0 Å². The topological polar surface area (TPSA) is 57.6 Å². The first-order chi connectivity index (χ1) is 9.98. The minimum absolute atomic E-state index is 0.112. The number of carbonyl (C=O) groups excluding carboxylic acids is 1. The molecule has 4 nitrogen and oxygen atoms in total. The number of hydrogen-bond donors (Lipinski definition) is 1. The van der Waals surface area contributed by atoms with Crippen molar-refractivity contribution in [1.82, 2.24) is 4.90 Å². The molecule has 1 atom stereocenters. The molecular weight excluding hydrogens is 266 g/mol. The van der Waals surface area contributed by atoms with E-state index in [1.54, 1.807) is 11.8 Å². The minimum atomic E-state index is -0.805. The molecule has 1 saturated carbocycles. The SMILES string of the molecule is CC1(C(=O)O)CCCN(C(=O)C2(c3ccccc3)CC2)C1. The average Bonchev–Trinajstić information content (AvgIpc) is 3.29. The van der Waals surface area contributed by atoms with Gasteiger partial charge >= 0.3 is 5.97 Å². The van der Waals surface area contributed by atoms with Gasteiger partial charge in [-0.3, -0.25) is 9.59 Å². The van der Waals surface area contributed by atoms with E-state index in [0.717, 1.165) is 24.8 Å². The van der Waals surface area contributed by atoms with Crippen LogP contribution in [0.2, 0.25) is 0 Å². The van der Waals surface area contributed by atoms with Crippen LogP contribution in [0.1, 0.15) is 38.2 Å². The molecule has 1 aliphatic heterocycles. The van der Waals surface area contributed by atoms with E-state index in [9.17, 15) is 14.7 Å². The van der Waals surface area contributed by atoms with E-state index in [1.165, 1.54) is 0 Å². The van der Waals surface area contributed by atoms with E-state index in [4.69, 9.17) is 0 Å². The third-order valence-corrected chi connectivity index (χ3v) is 4.99. The van der Waals surface area contributed by atoms with E-state index >= 15 is 0 Å². The third-order valence-electron chi connectivity index (χ3n) is 4.99. The smallest absolute Gasteiger partial charge is 0.311 e. The van der Waals surface area contributed by atoms with Crippen LogP contribution in [-0.4, -0.2) is 35.0 Å². The Hall–Kier alpha value is -1.84. The maximum atomic E-state index is 12.9. The fourth-order valence-corrected chi connectivity index (χ4v) is 3.40. The molecule has 2 aliphatic rings. The Bertz CT molecular complexity index is 565. The van der Waals surface area contributed by atoms with Crippen LogP contribution in [0.5, 0.6) is 0 Å². The summed E-state index contributed by atoms with van der Waals surface area (Å²) in [7, 11) is 0. The Kier molecular flexibility index (Phi) is 3.27. The fraction of sp³-hybridized carbons (Fsp3) is 0.529. The van der Waals surface area contributed by atoms with Gasteiger partial charge < -0.3 is 10.0 Å². The molecular formula is C17H21NO3. The maximum absolute atomic E-state index is 12.9. The largest absolute Gasteiger partial charge is 0.481 e. The van der Waals surface area contributed by atoms with Crippen LogP contribution in [0.4, 0.5) is 0 Å². The summed E-state index contributed by atoms with van der Waals surface area (Å²) in [4.78, 5) is 26.1. The molecule has 2 fully saturated rings. The summed E-state index contributed by atoms with van der Waals surface area (Å²) in [5.41, 5.74) is -0.129. The molecule has 1 aromatic rings. The first kappa shape index (κ1) is 14.1. The number of carboxylic acid groups (broad SMARTS) is 1. The van der Waals surface area contributed by atoms with E-state index in [0.29, 0.717) is 19.5 Å². The van der Waals surface area contributed by atoms with Crippen molar-refractivity contribution >= 4 is 11.9 Å². The Morgan fingerprint density at radius 1 is 1.14 bits per heavy atom. The molecule has 1 N–H and O–H groups in total. The summed E-state index contributed by atoms with van der Waals surface area (Å²) in [5, 5.41) is 9.39. The fourth-order valence-electron chi connectivity index (χ4n) is 3.40. The quantitative estimate of drug-likeness (QED) is 0.929. The van der Waals surface area contributed by atoms with Gasteiger partial charge in [0.25, 0.3) is 0 Å². The highest BCUT2D eigenvalue weighted by atomic mass is 16.4. The lowest BCUT2D eigenvalue weighted by Gasteiger charge is -2.39. The van der Waals surface area contributed by atoms with Gasteiger partial charge in [-0.1, -0.05) is 30.3 Å². The zero-order valence-corrected chi connectivity index (χ0v) is 12.3. The van der Waals surface area contributed by atoms with E-state index in [1.807, 2.05) is 30.3 Å². The monoisotopic (exact) mass is 287 g/mol. The highest BCUT2D eigenvalue weighted by Gasteiger charge is 2.54. The van der Waals surface area contributed by atoms with Crippen molar-refractivity contribution in [2.45, 2.75) is 38.0 Å². The van der Waals surface area contributed by atoms with Gasteiger partial charge in [-0.15, -0.1) is 0 Å². The standard InChI is InChI=1S/C17H21NO3/c1-16(15(20)21)8-5-11-18(12-16)14(19)17(9-10-17)13-6-3-2-4-7-13/h2-4,6-7H,5,8-12H2,1H3,(H,20,21). The maximum Gasteiger partial charge on any atom is 0.311 e. The van der Waals surface area contributed by atoms with Crippen LogP contribution in [0.25, 0.3) is 0 Å². The van der Waals surface area contributed by atoms with Gasteiger partial charge in [0.15, 0.2) is 0 Å². The number of rotatable bonds is 3. The molecule has 1 amide bonds. The number of likely N-dealkylation sites (tertiary alicyclic amines) is 1. The molecule has 0 radical (unpaired) electrons. The van der Waals surface area contributed by atoms with Crippen LogP contribution in [0, 0.1) is 5.41 Å². The first-order valence-electron chi connectivity index (χ1n) is 7.56. The summed E-state index contributed by atoms with van der Waals surface area (Å²) < 4.78 is 0. The number of carbonyl (C=O) groups is 2. The molecule has 112 valence electrons. The first-order valence-corrected chi connectivity index (χ1v) is 7.56. The summed E-state index contributed by atoms with van der Waals surface area (Å²) >= 11 is 0. The third kappa shape index (κ3) is 2.33. The number of hydrogen-bond acceptors (Lipinski definition) is 2. The van der Waals surface area contributed by atoms with Gasteiger partial charge in [-0.25, -0.2) is 0 Å². The molecule has 1 saturated heterocycles. The van der Waals surface area contributed by atoms with Gasteiger partial charge in [-0.2, -0.15) is 0 Å². The number of nitrogens with zero attached hydrogens (tertiary/aromatic N) is 1. The number of amides is 1. The van der Waals surface area contributed by atoms with E-state index < -0.39 is 16.8 Å². The molecule has 1 aromatic carbocycles. The predicted molar refractivity (Wildman–Crippen MR) is 78.9 cm³/mol. The molecule has 1 heterocycles. The van der Waals surface area contributed by atoms with Crippen LogP contribution in [0.3, 0.4) is 0 Å². The number of carboxylic acids is 1. The summed E-state index contributed by atoms with van der Waals surface area (Å²) in [6.45, 7) is 2.75. The lowest BCUT2D eigenvalue weighted by Crippen LogP contribution is -2.51. The predicted octanol–water partition coefficient (Wildman–Crippen LogP) is 2.43. The molecule has 21 heavy (non-hydrogen) atoms. The molecule has 0 bridgehead atoms. The van der Waals surface area contributed by atoms with E-state index in [-0.39, 0.29) is 5.91 Å². The lowest BCUT2D eigenvalue weighted by molar-refractivity contribution is -0.154. The second kappa shape index (κ2) is 4.86. The molecule has 1 unspecified atom stereocenters. The Morgan fingerprint density at radius 3 is 2.38 bits per heavy atom. The average molecular weight is 287 g/mol. The van der Waals surface area contributed by atoms with Gasteiger partial charge in [0.2, 0.25) is 5.91 Å². The zero-order chi connectivity index (χ0) is 15.1. The minimum Gasteiger partial charge on any atom is -0.481 e. The van der Waals surface area contributed by atoms with Crippen LogP contribution < -0.4 is 0 Å². The van der Waals surface area contributed by atoms with Gasteiger partial charge in [0.05, 0.1) is 10.8 Å². The van der Waals surface area contributed by atoms with Crippen molar-refractivity contribution < 1.29 is 14.7 Å². The zero-order valence-electron chi connectivity index (χ0n) is 12.3. The molecule has 1 aliphatic carbocycles. The highest BCUT2D eigenvalue weighted by molar-refractivity contribution is 5.92.